The van der Waals surface area contributed by atoms with Gasteiger partial charge in [0.1, 0.15) is 0 Å². The molecule has 0 radical (unpaired) electrons. The van der Waals surface area contributed by atoms with Gasteiger partial charge >= 0.3 is 5.97 Å². The van der Waals surface area contributed by atoms with E-state index in [9.17, 15) is 14.7 Å². The minimum atomic E-state index is -0.911. The van der Waals surface area contributed by atoms with Crippen molar-refractivity contribution in [2.24, 2.45) is 5.92 Å². The molecule has 3 heterocycles. The van der Waals surface area contributed by atoms with E-state index < -0.39 is 11.9 Å². The third-order valence-corrected chi connectivity index (χ3v) is 5.34. The van der Waals surface area contributed by atoms with Gasteiger partial charge < -0.3 is 19.5 Å². The fraction of sp³-hybridized carbons (Fsp3) is 0.350. The Bertz CT molecular complexity index is 927. The van der Waals surface area contributed by atoms with Crippen LogP contribution in [0.25, 0.3) is 0 Å². The standard InChI is InChI=1S/C20H20N2O5/c1-11-5-14(7-21-12(11)2)19(23)22-8-15(16(9-22)20(24)25)13-3-4-17-18(6-13)27-10-26-17/h3-7,15-16H,8-10H2,1-2H3,(H,24,25)/t15-,16+/m0/s1. The molecule has 2 aliphatic heterocycles. The van der Waals surface area contributed by atoms with Crippen LogP contribution in [0.1, 0.15) is 33.1 Å². The van der Waals surface area contributed by atoms with Gasteiger partial charge in [-0.05, 0) is 43.2 Å². The molecular formula is C20H20N2O5. The summed E-state index contributed by atoms with van der Waals surface area (Å²) in [7, 11) is 0. The van der Waals surface area contributed by atoms with Crippen molar-refractivity contribution >= 4 is 11.9 Å². The average Bonchev–Trinajstić information content (AvgIpc) is 3.29. The lowest BCUT2D eigenvalue weighted by Crippen LogP contribution is -2.30. The summed E-state index contributed by atoms with van der Waals surface area (Å²) in [6, 6.07) is 7.25. The summed E-state index contributed by atoms with van der Waals surface area (Å²) in [6.45, 7) is 4.45. The maximum absolute atomic E-state index is 12.9. The van der Waals surface area contributed by atoms with Crippen molar-refractivity contribution in [3.05, 3.63) is 52.8 Å². The van der Waals surface area contributed by atoms with E-state index in [0.29, 0.717) is 23.6 Å². The number of likely N-dealkylation sites (tertiary alicyclic amines) is 1. The number of amides is 1. The van der Waals surface area contributed by atoms with Gasteiger partial charge in [0.05, 0.1) is 11.5 Å². The van der Waals surface area contributed by atoms with E-state index in [1.165, 1.54) is 0 Å². The van der Waals surface area contributed by atoms with Crippen LogP contribution in [0.15, 0.2) is 30.5 Å². The van der Waals surface area contributed by atoms with Gasteiger partial charge in [-0.3, -0.25) is 14.6 Å². The van der Waals surface area contributed by atoms with Gasteiger partial charge in [0.25, 0.3) is 5.91 Å². The summed E-state index contributed by atoms with van der Waals surface area (Å²) in [4.78, 5) is 30.6. The highest BCUT2D eigenvalue weighted by Gasteiger charge is 2.41. The molecule has 2 aromatic rings. The number of carboxylic acids is 1. The van der Waals surface area contributed by atoms with Gasteiger partial charge in [-0.15, -0.1) is 0 Å². The number of hydrogen-bond donors (Lipinski definition) is 1. The molecule has 2 aliphatic rings. The number of nitrogens with zero attached hydrogens (tertiary/aromatic N) is 2. The van der Waals surface area contributed by atoms with Crippen molar-refractivity contribution in [3.8, 4) is 11.5 Å². The molecular weight excluding hydrogens is 348 g/mol. The van der Waals surface area contributed by atoms with Crippen molar-refractivity contribution in [1.82, 2.24) is 9.88 Å². The predicted molar refractivity (Wildman–Crippen MR) is 96.0 cm³/mol. The van der Waals surface area contributed by atoms with E-state index in [1.54, 1.807) is 23.2 Å². The van der Waals surface area contributed by atoms with Gasteiger partial charge in [0, 0.05) is 30.9 Å². The molecule has 1 aromatic carbocycles. The van der Waals surface area contributed by atoms with Gasteiger partial charge in [0.2, 0.25) is 6.79 Å². The smallest absolute Gasteiger partial charge is 0.308 e. The van der Waals surface area contributed by atoms with Crippen LogP contribution in [0.4, 0.5) is 0 Å². The van der Waals surface area contributed by atoms with Crippen LogP contribution in [0.3, 0.4) is 0 Å². The number of carbonyl (C=O) groups is 2. The molecule has 7 heteroatoms. The Morgan fingerprint density at radius 3 is 2.67 bits per heavy atom. The van der Waals surface area contributed by atoms with Crippen molar-refractivity contribution in [2.75, 3.05) is 19.9 Å². The SMILES string of the molecule is Cc1cc(C(=O)N2C[C@@H](C(=O)O)[C@H](c3ccc4c(c3)OCO4)C2)cnc1C. The Hall–Kier alpha value is -3.09. The average molecular weight is 368 g/mol. The Labute approximate surface area is 156 Å². The molecule has 1 N–H and O–H groups in total. The molecule has 0 bridgehead atoms. The lowest BCUT2D eigenvalue weighted by molar-refractivity contribution is -0.141. The third kappa shape index (κ3) is 3.09. The highest BCUT2D eigenvalue weighted by Crippen LogP contribution is 2.39. The first-order chi connectivity index (χ1) is 12.9. The molecule has 1 aromatic heterocycles. The summed E-state index contributed by atoms with van der Waals surface area (Å²) in [6.07, 6.45) is 1.55. The van der Waals surface area contributed by atoms with Crippen molar-refractivity contribution in [2.45, 2.75) is 19.8 Å². The number of aromatic nitrogens is 1. The van der Waals surface area contributed by atoms with Gasteiger partial charge in [-0.1, -0.05) is 6.07 Å². The minimum Gasteiger partial charge on any atom is -0.481 e. The second-order valence-corrected chi connectivity index (χ2v) is 7.00. The molecule has 1 fully saturated rings. The fourth-order valence-electron chi connectivity index (χ4n) is 3.64. The number of ether oxygens (including phenoxy) is 2. The highest BCUT2D eigenvalue weighted by molar-refractivity contribution is 5.95. The molecule has 0 aliphatic carbocycles. The van der Waals surface area contributed by atoms with Crippen LogP contribution in [0.5, 0.6) is 11.5 Å². The zero-order valence-corrected chi connectivity index (χ0v) is 15.1. The number of benzene rings is 1. The largest absolute Gasteiger partial charge is 0.481 e. The monoisotopic (exact) mass is 368 g/mol. The Morgan fingerprint density at radius 1 is 1.15 bits per heavy atom. The fourth-order valence-corrected chi connectivity index (χ4v) is 3.64. The summed E-state index contributed by atoms with van der Waals surface area (Å²) in [5.74, 6) is -0.821. The maximum atomic E-state index is 12.9. The van der Waals surface area contributed by atoms with Crippen molar-refractivity contribution in [3.63, 3.8) is 0 Å². The Balaban J connectivity index is 1.61. The molecule has 0 saturated carbocycles. The van der Waals surface area contributed by atoms with Gasteiger partial charge in [0.15, 0.2) is 11.5 Å². The summed E-state index contributed by atoms with van der Waals surface area (Å²) in [5.41, 5.74) is 3.12. The second-order valence-electron chi connectivity index (χ2n) is 7.00. The van der Waals surface area contributed by atoms with Crippen LogP contribution in [-0.4, -0.2) is 46.7 Å². The van der Waals surface area contributed by atoms with Gasteiger partial charge in [-0.2, -0.15) is 0 Å². The number of aryl methyl sites for hydroxylation is 2. The van der Waals surface area contributed by atoms with E-state index >= 15 is 0 Å². The maximum Gasteiger partial charge on any atom is 0.308 e. The van der Waals surface area contributed by atoms with Crippen LogP contribution in [-0.2, 0) is 4.79 Å². The molecule has 1 saturated heterocycles. The molecule has 27 heavy (non-hydrogen) atoms. The number of fused-ring (bicyclic) bond motifs is 1. The normalized spacial score (nSPS) is 20.7. The molecule has 1 amide bonds. The third-order valence-electron chi connectivity index (χ3n) is 5.34. The van der Waals surface area contributed by atoms with Crippen LogP contribution < -0.4 is 9.47 Å². The van der Waals surface area contributed by atoms with Crippen LogP contribution in [0, 0.1) is 19.8 Å². The molecule has 0 unspecified atom stereocenters. The summed E-state index contributed by atoms with van der Waals surface area (Å²) >= 11 is 0. The van der Waals surface area contributed by atoms with Crippen LogP contribution >= 0.6 is 0 Å². The molecule has 7 nitrogen and oxygen atoms in total. The zero-order valence-electron chi connectivity index (χ0n) is 15.1. The summed E-state index contributed by atoms with van der Waals surface area (Å²) in [5, 5.41) is 9.68. The number of pyridine rings is 1. The zero-order chi connectivity index (χ0) is 19.1. The number of aliphatic carboxylic acids is 1. The van der Waals surface area contributed by atoms with E-state index in [1.807, 2.05) is 26.0 Å². The Kier molecular flexibility index (Phi) is 4.22. The first-order valence-corrected chi connectivity index (χ1v) is 8.79. The molecule has 2 atom stereocenters. The van der Waals surface area contributed by atoms with Crippen LogP contribution in [0.2, 0.25) is 0 Å². The van der Waals surface area contributed by atoms with Crippen molar-refractivity contribution in [1.29, 1.82) is 0 Å². The topological polar surface area (TPSA) is 89.0 Å². The van der Waals surface area contributed by atoms with Gasteiger partial charge in [-0.25, -0.2) is 0 Å². The molecule has 140 valence electrons. The molecule has 4 rings (SSSR count). The lowest BCUT2D eigenvalue weighted by atomic mass is 9.89. The van der Waals surface area contributed by atoms with E-state index in [2.05, 4.69) is 4.98 Å². The first-order valence-electron chi connectivity index (χ1n) is 8.79. The minimum absolute atomic E-state index is 0.163. The van der Waals surface area contributed by atoms with E-state index in [-0.39, 0.29) is 25.2 Å². The van der Waals surface area contributed by atoms with E-state index in [4.69, 9.17) is 9.47 Å². The Morgan fingerprint density at radius 2 is 1.93 bits per heavy atom. The lowest BCUT2D eigenvalue weighted by Gasteiger charge is -2.17. The summed E-state index contributed by atoms with van der Waals surface area (Å²) < 4.78 is 10.7. The second kappa shape index (κ2) is 6.57. The predicted octanol–water partition coefficient (Wildman–Crippen LogP) is 2.37. The highest BCUT2D eigenvalue weighted by atomic mass is 16.7. The van der Waals surface area contributed by atoms with E-state index in [0.717, 1.165) is 16.8 Å². The first kappa shape index (κ1) is 17.3. The number of rotatable bonds is 3. The quantitative estimate of drug-likeness (QED) is 0.895. The molecule has 0 spiro atoms. The number of carboxylic acid groups (broad SMARTS) is 1. The van der Waals surface area contributed by atoms with Crippen molar-refractivity contribution < 1.29 is 24.2 Å². The number of carbonyl (C=O) groups excluding carboxylic acids is 1. The number of hydrogen-bond acceptors (Lipinski definition) is 5.